The second-order valence-corrected chi connectivity index (χ2v) is 19.4. The highest BCUT2D eigenvalue weighted by molar-refractivity contribution is 7.62. The summed E-state index contributed by atoms with van der Waals surface area (Å²) in [7, 11) is 0.683. The summed E-state index contributed by atoms with van der Waals surface area (Å²) in [4.78, 5) is 80.4. The minimum atomic E-state index is -3.58. The van der Waals surface area contributed by atoms with Crippen molar-refractivity contribution in [2.45, 2.75) is 63.5 Å². The fourth-order valence-electron chi connectivity index (χ4n) is 9.16. The molecule has 0 bridgehead atoms. The number of ether oxygens (including phenoxy) is 2. The van der Waals surface area contributed by atoms with Gasteiger partial charge in [0.1, 0.15) is 22.6 Å². The van der Waals surface area contributed by atoms with E-state index in [2.05, 4.69) is 35.7 Å². The molecule has 3 saturated heterocycles. The SMILES string of the molecule is COc1cc(N2CCC(N3CCN(C(=O)CCCCCOc4cccc5c4C(=O)N(C4CCC(=O)NC4=O)C5=O)CC3)CC2)ccc1Nc1ncc(Cl)c(Nc2ccccc2P(=O)(OC)OC)n1. The highest BCUT2D eigenvalue weighted by atomic mass is 35.5. The lowest BCUT2D eigenvalue weighted by Crippen LogP contribution is -2.54. The number of hydrogen-bond donors (Lipinski definition) is 3. The number of nitrogens with one attached hydrogen (secondary N) is 3. The van der Waals surface area contributed by atoms with Crippen LogP contribution < -0.4 is 35.6 Å². The Balaban J connectivity index is 0.755. The van der Waals surface area contributed by atoms with Crippen molar-refractivity contribution in [3.63, 3.8) is 0 Å². The summed E-state index contributed by atoms with van der Waals surface area (Å²) in [6.07, 6.45) is 6.15. The zero-order chi connectivity index (χ0) is 48.0. The molecule has 0 radical (unpaired) electrons. The summed E-state index contributed by atoms with van der Waals surface area (Å²) in [5.41, 5.74) is 2.47. The fourth-order valence-corrected chi connectivity index (χ4v) is 10.5. The van der Waals surface area contributed by atoms with Crippen LogP contribution in [0.2, 0.25) is 5.02 Å². The molecule has 3 N–H and O–H groups in total. The fraction of sp³-hybridized carbons (Fsp3) is 0.426. The number of halogens is 1. The van der Waals surface area contributed by atoms with E-state index in [0.29, 0.717) is 67.4 Å². The second kappa shape index (κ2) is 21.5. The molecule has 8 rings (SSSR count). The summed E-state index contributed by atoms with van der Waals surface area (Å²) < 4.78 is 35.4. The van der Waals surface area contributed by atoms with Gasteiger partial charge in [-0.1, -0.05) is 29.8 Å². The molecule has 1 atom stereocenters. The van der Waals surface area contributed by atoms with Crippen molar-refractivity contribution in [3.05, 3.63) is 83.0 Å². The number of benzene rings is 3. The maximum Gasteiger partial charge on any atom is 0.362 e. The lowest BCUT2D eigenvalue weighted by atomic mass is 10.0. The topological polar surface area (TPSA) is 214 Å². The average Bonchev–Trinajstić information content (AvgIpc) is 3.62. The molecule has 3 aromatic carbocycles. The third-order valence-electron chi connectivity index (χ3n) is 12.8. The molecule has 19 nitrogen and oxygen atoms in total. The Bertz CT molecular complexity index is 2600. The number of unbranched alkanes of at least 4 members (excludes halogenated alkanes) is 2. The standard InChI is InChI=1S/C47H55ClN9O10P/c1-64-38-28-31(15-16-34(38)51-47-49-29-33(48)43(53-47)50-35-11-6-7-13-39(35)68(63,65-2)66-3)54-21-19-30(20-22-54)55-23-25-56(26-24-55)41(59)14-5-4-8-27-67-37-12-9-10-32-42(37)46(62)57(45(32)61)36-17-18-40(58)52-44(36)60/h6-7,9-13,15-16,28-30,36H,4-5,8,14,17-27H2,1-3H3,(H,52,58,60)(H2,49,50,51,53). The van der Waals surface area contributed by atoms with Gasteiger partial charge in [-0.05, 0) is 74.9 Å². The molecular formula is C47H55ClN9O10P. The van der Waals surface area contributed by atoms with Crippen molar-refractivity contribution in [2.75, 3.05) is 82.7 Å². The van der Waals surface area contributed by atoms with Crippen LogP contribution in [0, 0.1) is 0 Å². The number of carbonyl (C=O) groups is 5. The Kier molecular flexibility index (Phi) is 15.3. The number of para-hydroxylation sites is 1. The molecule has 5 heterocycles. The highest BCUT2D eigenvalue weighted by Gasteiger charge is 2.46. The molecule has 21 heteroatoms. The van der Waals surface area contributed by atoms with Crippen molar-refractivity contribution in [3.8, 4) is 11.5 Å². The summed E-state index contributed by atoms with van der Waals surface area (Å²) in [6.45, 7) is 5.11. The molecule has 4 aromatic rings. The van der Waals surface area contributed by atoms with Gasteiger partial charge >= 0.3 is 7.60 Å². The van der Waals surface area contributed by atoms with Gasteiger partial charge in [0.15, 0.2) is 5.82 Å². The minimum absolute atomic E-state index is 0.0481. The van der Waals surface area contributed by atoms with Gasteiger partial charge in [0.2, 0.25) is 23.7 Å². The smallest absolute Gasteiger partial charge is 0.362 e. The lowest BCUT2D eigenvalue weighted by Gasteiger charge is -2.43. The average molecular weight is 972 g/mol. The van der Waals surface area contributed by atoms with Crippen LogP contribution in [0.4, 0.5) is 28.8 Å². The normalized spacial score (nSPS) is 18.1. The predicted molar refractivity (Wildman–Crippen MR) is 255 cm³/mol. The predicted octanol–water partition coefficient (Wildman–Crippen LogP) is 5.89. The van der Waals surface area contributed by atoms with Crippen LogP contribution >= 0.6 is 19.2 Å². The maximum atomic E-state index is 13.3. The zero-order valence-electron chi connectivity index (χ0n) is 38.2. The van der Waals surface area contributed by atoms with E-state index < -0.39 is 37.3 Å². The van der Waals surface area contributed by atoms with Crippen molar-refractivity contribution in [1.82, 2.24) is 30.0 Å². The maximum absolute atomic E-state index is 13.3. The monoisotopic (exact) mass is 971 g/mol. The molecule has 1 unspecified atom stereocenters. The third-order valence-corrected chi connectivity index (χ3v) is 15.1. The van der Waals surface area contributed by atoms with Crippen LogP contribution in [0.1, 0.15) is 72.1 Å². The third kappa shape index (κ3) is 10.5. The van der Waals surface area contributed by atoms with E-state index >= 15 is 0 Å². The molecule has 68 heavy (non-hydrogen) atoms. The van der Waals surface area contributed by atoms with Crippen LogP contribution in [-0.2, 0) is 28.0 Å². The van der Waals surface area contributed by atoms with Crippen LogP contribution in [0.25, 0.3) is 0 Å². The first-order chi connectivity index (χ1) is 32.9. The van der Waals surface area contributed by atoms with Gasteiger partial charge in [-0.3, -0.25) is 43.7 Å². The van der Waals surface area contributed by atoms with Crippen molar-refractivity contribution < 1.29 is 47.1 Å². The van der Waals surface area contributed by atoms with E-state index in [-0.39, 0.29) is 52.4 Å². The van der Waals surface area contributed by atoms with E-state index in [1.54, 1.807) is 43.5 Å². The first-order valence-electron chi connectivity index (χ1n) is 22.7. The van der Waals surface area contributed by atoms with Crippen molar-refractivity contribution in [1.29, 1.82) is 0 Å². The van der Waals surface area contributed by atoms with E-state index in [4.69, 9.17) is 30.1 Å². The van der Waals surface area contributed by atoms with E-state index in [1.807, 2.05) is 23.1 Å². The number of nitrogens with zero attached hydrogens (tertiary/aromatic N) is 6. The molecule has 4 aliphatic heterocycles. The minimum Gasteiger partial charge on any atom is -0.494 e. The Labute approximate surface area is 399 Å². The number of methoxy groups -OCH3 is 1. The summed E-state index contributed by atoms with van der Waals surface area (Å²) in [5, 5.41) is 9.17. The van der Waals surface area contributed by atoms with Crippen LogP contribution in [0.15, 0.2) is 66.9 Å². The molecular weight excluding hydrogens is 917 g/mol. The van der Waals surface area contributed by atoms with Gasteiger partial charge < -0.3 is 39.0 Å². The lowest BCUT2D eigenvalue weighted by molar-refractivity contribution is -0.136. The molecule has 360 valence electrons. The number of piperidine rings is 2. The van der Waals surface area contributed by atoms with Gasteiger partial charge in [-0.15, -0.1) is 0 Å². The number of anilines is 5. The number of rotatable bonds is 18. The van der Waals surface area contributed by atoms with Gasteiger partial charge in [-0.2, -0.15) is 4.98 Å². The molecule has 1 aromatic heterocycles. The molecule has 0 aliphatic carbocycles. The Morgan fingerprint density at radius 1 is 0.838 bits per heavy atom. The molecule has 4 aliphatic rings. The highest BCUT2D eigenvalue weighted by Crippen LogP contribution is 2.47. The number of amides is 5. The largest absolute Gasteiger partial charge is 0.494 e. The molecule has 0 spiro atoms. The van der Waals surface area contributed by atoms with Gasteiger partial charge in [-0.25, -0.2) is 4.98 Å². The van der Waals surface area contributed by atoms with Crippen molar-refractivity contribution in [2.24, 2.45) is 0 Å². The van der Waals surface area contributed by atoms with Crippen LogP contribution in [0.5, 0.6) is 11.5 Å². The van der Waals surface area contributed by atoms with Crippen molar-refractivity contribution >= 4 is 82.9 Å². The number of piperazine rings is 1. The number of imide groups is 2. The summed E-state index contributed by atoms with van der Waals surface area (Å²) in [5.74, 6) is -0.668. The first kappa shape index (κ1) is 48.4. The number of fused-ring (bicyclic) bond motifs is 1. The van der Waals surface area contributed by atoms with E-state index in [0.717, 1.165) is 56.0 Å². The zero-order valence-corrected chi connectivity index (χ0v) is 39.9. The Morgan fingerprint density at radius 3 is 2.34 bits per heavy atom. The van der Waals surface area contributed by atoms with Gasteiger partial charge in [0.05, 0.1) is 47.7 Å². The Hall–Kier alpha value is -6.11. The van der Waals surface area contributed by atoms with Gasteiger partial charge in [0.25, 0.3) is 11.8 Å². The van der Waals surface area contributed by atoms with Crippen LogP contribution in [-0.4, -0.2) is 133 Å². The van der Waals surface area contributed by atoms with E-state index in [1.165, 1.54) is 26.5 Å². The summed E-state index contributed by atoms with van der Waals surface area (Å²) >= 11 is 6.48. The van der Waals surface area contributed by atoms with Gasteiger partial charge in [0, 0.05) is 84.1 Å². The summed E-state index contributed by atoms with van der Waals surface area (Å²) in [6, 6.07) is 17.1. The molecule has 5 amide bonds. The Morgan fingerprint density at radius 2 is 1.60 bits per heavy atom. The first-order valence-corrected chi connectivity index (χ1v) is 24.6. The second-order valence-electron chi connectivity index (χ2n) is 16.8. The number of carbonyl (C=O) groups excluding carboxylic acids is 5. The quantitative estimate of drug-likeness (QED) is 0.0602. The number of aromatic nitrogens is 2. The number of hydrogen-bond acceptors (Lipinski definition) is 16. The van der Waals surface area contributed by atoms with E-state index in [9.17, 15) is 28.5 Å². The molecule has 3 fully saturated rings. The van der Waals surface area contributed by atoms with Crippen LogP contribution in [0.3, 0.4) is 0 Å². The molecule has 0 saturated carbocycles.